The first-order valence-corrected chi connectivity index (χ1v) is 6.10. The molecule has 1 aliphatic rings. The number of hydrogen-bond donors (Lipinski definition) is 2. The predicted molar refractivity (Wildman–Crippen MR) is 59.5 cm³/mol. The number of thiophene rings is 1. The smallest absolute Gasteiger partial charge is 0.101 e. The normalized spacial score (nSPS) is 20.7. The van der Waals surface area contributed by atoms with E-state index in [1.54, 1.807) is 11.3 Å². The minimum Gasteiger partial charge on any atom is -0.386 e. The molecule has 1 heterocycles. The second-order valence-electron chi connectivity index (χ2n) is 4.07. The highest BCUT2D eigenvalue weighted by Crippen LogP contribution is 2.32. The molecule has 2 N–H and O–H groups in total. The summed E-state index contributed by atoms with van der Waals surface area (Å²) in [6, 6.07) is 4.52. The number of aliphatic hydroxyl groups excluding tert-OH is 1. The fraction of sp³-hybridized carbons (Fsp3) is 0.636. The average molecular weight is 211 g/mol. The van der Waals surface area contributed by atoms with E-state index >= 15 is 0 Å². The summed E-state index contributed by atoms with van der Waals surface area (Å²) >= 11 is 1.62. The van der Waals surface area contributed by atoms with Crippen molar-refractivity contribution in [3.8, 4) is 0 Å². The molecule has 0 bridgehead atoms. The van der Waals surface area contributed by atoms with Gasteiger partial charge >= 0.3 is 0 Å². The molecule has 0 aliphatic heterocycles. The van der Waals surface area contributed by atoms with E-state index in [2.05, 4.69) is 12.2 Å². The van der Waals surface area contributed by atoms with Crippen molar-refractivity contribution in [3.05, 3.63) is 22.4 Å². The van der Waals surface area contributed by atoms with Crippen LogP contribution in [-0.4, -0.2) is 17.7 Å². The van der Waals surface area contributed by atoms with Crippen molar-refractivity contribution in [2.24, 2.45) is 5.92 Å². The lowest BCUT2D eigenvalue weighted by Crippen LogP contribution is -2.31. The Labute approximate surface area is 89.0 Å². The van der Waals surface area contributed by atoms with Crippen molar-refractivity contribution in [2.75, 3.05) is 6.54 Å². The van der Waals surface area contributed by atoms with Gasteiger partial charge in [-0.1, -0.05) is 6.07 Å². The van der Waals surface area contributed by atoms with Gasteiger partial charge in [-0.3, -0.25) is 0 Å². The van der Waals surface area contributed by atoms with Crippen LogP contribution < -0.4 is 5.32 Å². The van der Waals surface area contributed by atoms with Crippen LogP contribution in [0.4, 0.5) is 0 Å². The largest absolute Gasteiger partial charge is 0.386 e. The van der Waals surface area contributed by atoms with Crippen molar-refractivity contribution in [3.63, 3.8) is 0 Å². The number of rotatable bonds is 5. The maximum Gasteiger partial charge on any atom is 0.101 e. The maximum atomic E-state index is 9.81. The standard InChI is InChI=1S/C11H17NOS/c1-8(9-4-5-9)12-7-10(13)11-3-2-6-14-11/h2-3,6,8-10,12-13H,4-5,7H2,1H3. The van der Waals surface area contributed by atoms with Crippen molar-refractivity contribution >= 4 is 11.3 Å². The van der Waals surface area contributed by atoms with Crippen LogP contribution in [0.3, 0.4) is 0 Å². The highest BCUT2D eigenvalue weighted by molar-refractivity contribution is 7.10. The Morgan fingerprint density at radius 3 is 3.00 bits per heavy atom. The molecule has 2 atom stereocenters. The summed E-state index contributed by atoms with van der Waals surface area (Å²) in [7, 11) is 0. The summed E-state index contributed by atoms with van der Waals surface area (Å²) in [4.78, 5) is 1.06. The number of aliphatic hydroxyl groups is 1. The first-order valence-electron chi connectivity index (χ1n) is 5.22. The van der Waals surface area contributed by atoms with Gasteiger partial charge < -0.3 is 10.4 Å². The van der Waals surface area contributed by atoms with Crippen molar-refractivity contribution in [2.45, 2.75) is 31.9 Å². The fourth-order valence-electron chi connectivity index (χ4n) is 1.64. The third-order valence-corrected chi connectivity index (χ3v) is 3.81. The molecule has 0 radical (unpaired) electrons. The number of nitrogens with one attached hydrogen (secondary N) is 1. The van der Waals surface area contributed by atoms with Crippen LogP contribution in [0.5, 0.6) is 0 Å². The lowest BCUT2D eigenvalue weighted by atomic mass is 10.2. The van der Waals surface area contributed by atoms with Crippen LogP contribution in [0, 0.1) is 5.92 Å². The molecule has 2 unspecified atom stereocenters. The molecule has 1 aliphatic carbocycles. The zero-order valence-corrected chi connectivity index (χ0v) is 9.26. The zero-order valence-electron chi connectivity index (χ0n) is 8.44. The molecule has 0 spiro atoms. The van der Waals surface area contributed by atoms with Crippen LogP contribution in [0.25, 0.3) is 0 Å². The molecule has 1 saturated carbocycles. The van der Waals surface area contributed by atoms with Gasteiger partial charge in [0.2, 0.25) is 0 Å². The molecule has 1 aromatic rings. The molecular formula is C11H17NOS. The highest BCUT2D eigenvalue weighted by atomic mass is 32.1. The third-order valence-electron chi connectivity index (χ3n) is 2.83. The van der Waals surface area contributed by atoms with E-state index in [1.807, 2.05) is 17.5 Å². The SMILES string of the molecule is CC(NCC(O)c1cccs1)C1CC1. The second-order valence-corrected chi connectivity index (χ2v) is 5.04. The van der Waals surface area contributed by atoms with Crippen molar-refractivity contribution < 1.29 is 5.11 Å². The predicted octanol–water partition coefficient (Wildman–Crippen LogP) is 2.17. The Hall–Kier alpha value is -0.380. The van der Waals surface area contributed by atoms with Crippen LogP contribution in [-0.2, 0) is 0 Å². The summed E-state index contributed by atoms with van der Waals surface area (Å²) in [6.07, 6.45) is 2.36. The van der Waals surface area contributed by atoms with Crippen LogP contribution in [0.1, 0.15) is 30.7 Å². The quantitative estimate of drug-likeness (QED) is 0.782. The minimum atomic E-state index is -0.337. The lowest BCUT2D eigenvalue weighted by molar-refractivity contribution is 0.173. The van der Waals surface area contributed by atoms with Gasteiger partial charge in [0, 0.05) is 17.5 Å². The second kappa shape index (κ2) is 4.43. The first-order chi connectivity index (χ1) is 6.77. The molecule has 2 rings (SSSR count). The van der Waals surface area contributed by atoms with E-state index in [4.69, 9.17) is 0 Å². The highest BCUT2D eigenvalue weighted by Gasteiger charge is 2.27. The molecule has 2 nitrogen and oxygen atoms in total. The molecule has 78 valence electrons. The third kappa shape index (κ3) is 2.56. The van der Waals surface area contributed by atoms with Crippen LogP contribution in [0.15, 0.2) is 17.5 Å². The Kier molecular flexibility index (Phi) is 3.21. The molecule has 3 heteroatoms. The van der Waals surface area contributed by atoms with E-state index < -0.39 is 0 Å². The summed E-state index contributed by atoms with van der Waals surface area (Å²) < 4.78 is 0. The van der Waals surface area contributed by atoms with Crippen molar-refractivity contribution in [1.82, 2.24) is 5.32 Å². The van der Waals surface area contributed by atoms with Gasteiger partial charge in [0.15, 0.2) is 0 Å². The summed E-state index contributed by atoms with van der Waals surface area (Å²) in [6.45, 7) is 2.89. The zero-order chi connectivity index (χ0) is 9.97. The molecule has 0 aromatic carbocycles. The summed E-state index contributed by atoms with van der Waals surface area (Å²) in [5.74, 6) is 0.852. The summed E-state index contributed by atoms with van der Waals surface area (Å²) in [5, 5.41) is 15.2. The van der Waals surface area contributed by atoms with Crippen molar-refractivity contribution in [1.29, 1.82) is 0 Å². The van der Waals surface area contributed by atoms with E-state index in [-0.39, 0.29) is 6.10 Å². The fourth-order valence-corrected chi connectivity index (χ4v) is 2.35. The van der Waals surface area contributed by atoms with Gasteiger partial charge in [0.05, 0.1) is 0 Å². The topological polar surface area (TPSA) is 32.3 Å². The minimum absolute atomic E-state index is 0.337. The maximum absolute atomic E-state index is 9.81. The van der Waals surface area contributed by atoms with E-state index in [9.17, 15) is 5.11 Å². The molecule has 0 saturated heterocycles. The average Bonchev–Trinajstić information content (AvgIpc) is 2.90. The van der Waals surface area contributed by atoms with E-state index in [0.717, 1.165) is 10.8 Å². The van der Waals surface area contributed by atoms with Gasteiger partial charge in [-0.15, -0.1) is 11.3 Å². The monoisotopic (exact) mass is 211 g/mol. The molecule has 14 heavy (non-hydrogen) atoms. The Balaban J connectivity index is 1.74. The van der Waals surface area contributed by atoms with E-state index in [1.165, 1.54) is 12.8 Å². The van der Waals surface area contributed by atoms with Gasteiger partial charge in [-0.2, -0.15) is 0 Å². The number of hydrogen-bond acceptors (Lipinski definition) is 3. The van der Waals surface area contributed by atoms with E-state index in [0.29, 0.717) is 12.6 Å². The first kappa shape index (κ1) is 10.1. The van der Waals surface area contributed by atoms with Gasteiger partial charge in [-0.05, 0) is 37.1 Å². The molecule has 1 aromatic heterocycles. The Morgan fingerprint density at radius 1 is 1.64 bits per heavy atom. The van der Waals surface area contributed by atoms with Crippen LogP contribution >= 0.6 is 11.3 Å². The Bertz CT molecular complexity index is 269. The molecule has 0 amide bonds. The van der Waals surface area contributed by atoms with Gasteiger partial charge in [-0.25, -0.2) is 0 Å². The lowest BCUT2D eigenvalue weighted by Gasteiger charge is -2.15. The van der Waals surface area contributed by atoms with Gasteiger partial charge in [0.25, 0.3) is 0 Å². The van der Waals surface area contributed by atoms with Crippen LogP contribution in [0.2, 0.25) is 0 Å². The molecular weight excluding hydrogens is 194 g/mol. The Morgan fingerprint density at radius 2 is 2.43 bits per heavy atom. The van der Waals surface area contributed by atoms with Gasteiger partial charge in [0.1, 0.15) is 6.10 Å². The summed E-state index contributed by atoms with van der Waals surface area (Å²) in [5.41, 5.74) is 0. The molecule has 1 fully saturated rings.